The van der Waals surface area contributed by atoms with E-state index in [0.29, 0.717) is 6.04 Å². The average molecular weight is 265 g/mol. The summed E-state index contributed by atoms with van der Waals surface area (Å²) in [4.78, 5) is 9.04. The van der Waals surface area contributed by atoms with E-state index >= 15 is 0 Å². The van der Waals surface area contributed by atoms with Crippen LogP contribution in [0, 0.1) is 0 Å². The van der Waals surface area contributed by atoms with Gasteiger partial charge >= 0.3 is 0 Å². The van der Waals surface area contributed by atoms with Crippen molar-refractivity contribution in [2.24, 2.45) is 0 Å². The minimum absolute atomic E-state index is 0.110. The number of fused-ring (bicyclic) bond motifs is 1. The topological polar surface area (TPSA) is 28.2 Å². The smallest absolute Gasteiger partial charge is 0.115 e. The van der Waals surface area contributed by atoms with Crippen LogP contribution >= 0.6 is 11.3 Å². The summed E-state index contributed by atoms with van der Waals surface area (Å²) in [6, 6.07) is 0.632. The van der Waals surface area contributed by atoms with Crippen LogP contribution in [0.2, 0.25) is 0 Å². The molecule has 0 saturated carbocycles. The minimum atomic E-state index is 0.110. The zero-order chi connectivity index (χ0) is 12.8. The molecule has 100 valence electrons. The molecule has 2 aliphatic rings. The lowest BCUT2D eigenvalue weighted by molar-refractivity contribution is 0.245. The number of nitrogens with zero attached hydrogens (tertiary/aromatic N) is 2. The molecule has 0 amide bonds. The Hall–Kier alpha value is -0.450. The standard InChI is InChI=1S/C14H23N3S/c1-10(2)17-8-7-14(9-17,15-3)13-16-11-5-4-6-12(11)18-13/h10,15H,4-9H2,1-3H3. The van der Waals surface area contributed by atoms with E-state index in [4.69, 9.17) is 4.98 Å². The SMILES string of the molecule is CNC1(c2nc3c(s2)CCC3)CCN(C(C)C)C1. The van der Waals surface area contributed by atoms with Gasteiger partial charge in [-0.05, 0) is 46.6 Å². The van der Waals surface area contributed by atoms with Gasteiger partial charge < -0.3 is 5.32 Å². The average Bonchev–Trinajstić information content (AvgIpc) is 3.02. The van der Waals surface area contributed by atoms with Crippen LogP contribution in [-0.4, -0.2) is 36.1 Å². The summed E-state index contributed by atoms with van der Waals surface area (Å²) in [5.41, 5.74) is 1.49. The lowest BCUT2D eigenvalue weighted by Crippen LogP contribution is -2.43. The number of hydrogen-bond donors (Lipinski definition) is 1. The number of aromatic nitrogens is 1. The lowest BCUT2D eigenvalue weighted by Gasteiger charge is -2.28. The summed E-state index contributed by atoms with van der Waals surface area (Å²) >= 11 is 1.96. The number of likely N-dealkylation sites (tertiary alicyclic amines) is 1. The molecule has 1 N–H and O–H groups in total. The molecule has 18 heavy (non-hydrogen) atoms. The molecule has 0 radical (unpaired) electrons. The van der Waals surface area contributed by atoms with Gasteiger partial charge in [-0.1, -0.05) is 0 Å². The molecule has 1 aliphatic carbocycles. The number of likely N-dealkylation sites (N-methyl/N-ethyl adjacent to an activating group) is 1. The van der Waals surface area contributed by atoms with Crippen molar-refractivity contribution in [3.8, 4) is 0 Å². The van der Waals surface area contributed by atoms with Crippen molar-refractivity contribution in [1.82, 2.24) is 15.2 Å². The van der Waals surface area contributed by atoms with Crippen molar-refractivity contribution in [2.45, 2.75) is 51.1 Å². The van der Waals surface area contributed by atoms with E-state index in [1.165, 1.54) is 42.9 Å². The maximum Gasteiger partial charge on any atom is 0.115 e. The zero-order valence-corrected chi connectivity index (χ0v) is 12.4. The fourth-order valence-corrected chi connectivity index (χ4v) is 4.53. The lowest BCUT2D eigenvalue weighted by atomic mass is 10.00. The second kappa shape index (κ2) is 4.58. The second-order valence-corrected chi connectivity index (χ2v) is 6.97. The predicted octanol–water partition coefficient (Wildman–Crippen LogP) is 2.16. The monoisotopic (exact) mass is 265 g/mol. The fourth-order valence-electron chi connectivity index (χ4n) is 3.16. The van der Waals surface area contributed by atoms with Crippen LogP contribution in [0.3, 0.4) is 0 Å². The summed E-state index contributed by atoms with van der Waals surface area (Å²) in [6.45, 7) is 6.86. The van der Waals surface area contributed by atoms with Gasteiger partial charge in [0.1, 0.15) is 5.01 Å². The van der Waals surface area contributed by atoms with Gasteiger partial charge in [-0.25, -0.2) is 4.98 Å². The Morgan fingerprint density at radius 2 is 2.22 bits per heavy atom. The van der Waals surface area contributed by atoms with Gasteiger partial charge in [-0.15, -0.1) is 11.3 Å². The molecule has 0 aromatic carbocycles. The van der Waals surface area contributed by atoms with Crippen molar-refractivity contribution in [3.05, 3.63) is 15.6 Å². The molecule has 3 rings (SSSR count). The van der Waals surface area contributed by atoms with Crippen molar-refractivity contribution < 1.29 is 0 Å². The van der Waals surface area contributed by atoms with Crippen LogP contribution in [0.1, 0.15) is 42.3 Å². The number of thiazole rings is 1. The number of rotatable bonds is 3. The Morgan fingerprint density at radius 3 is 2.83 bits per heavy atom. The summed E-state index contributed by atoms with van der Waals surface area (Å²) in [7, 11) is 2.09. The van der Waals surface area contributed by atoms with Crippen LogP contribution in [0.15, 0.2) is 0 Å². The molecule has 3 nitrogen and oxygen atoms in total. The maximum atomic E-state index is 4.94. The highest BCUT2D eigenvalue weighted by Crippen LogP contribution is 2.38. The van der Waals surface area contributed by atoms with E-state index < -0.39 is 0 Å². The first-order chi connectivity index (χ1) is 8.64. The first-order valence-corrected chi connectivity index (χ1v) is 7.88. The summed E-state index contributed by atoms with van der Waals surface area (Å²) in [6.07, 6.45) is 4.94. The summed E-state index contributed by atoms with van der Waals surface area (Å²) in [5.74, 6) is 0. The van der Waals surface area contributed by atoms with E-state index in [1.807, 2.05) is 11.3 Å². The number of hydrogen-bond acceptors (Lipinski definition) is 4. The fraction of sp³-hybridized carbons (Fsp3) is 0.786. The molecule has 1 aromatic rings. The summed E-state index contributed by atoms with van der Waals surface area (Å²) in [5, 5.41) is 4.90. The number of nitrogens with one attached hydrogen (secondary N) is 1. The molecule has 1 fully saturated rings. The Morgan fingerprint density at radius 1 is 1.39 bits per heavy atom. The minimum Gasteiger partial charge on any atom is -0.307 e. The largest absolute Gasteiger partial charge is 0.307 e. The van der Waals surface area contributed by atoms with Crippen LogP contribution < -0.4 is 5.32 Å². The maximum absolute atomic E-state index is 4.94. The molecule has 1 unspecified atom stereocenters. The molecule has 1 saturated heterocycles. The van der Waals surface area contributed by atoms with Gasteiger partial charge in [0.25, 0.3) is 0 Å². The molecule has 0 bridgehead atoms. The molecular weight excluding hydrogens is 242 g/mol. The number of aryl methyl sites for hydroxylation is 2. The van der Waals surface area contributed by atoms with Gasteiger partial charge in [-0.3, -0.25) is 4.90 Å². The second-order valence-electron chi connectivity index (χ2n) is 5.89. The predicted molar refractivity (Wildman–Crippen MR) is 76.2 cm³/mol. The third-order valence-electron chi connectivity index (χ3n) is 4.51. The normalized spacial score (nSPS) is 28.2. The highest BCUT2D eigenvalue weighted by molar-refractivity contribution is 7.12. The van der Waals surface area contributed by atoms with E-state index in [1.54, 1.807) is 4.88 Å². The van der Waals surface area contributed by atoms with E-state index in [2.05, 4.69) is 31.1 Å². The van der Waals surface area contributed by atoms with Crippen LogP contribution in [0.25, 0.3) is 0 Å². The summed E-state index contributed by atoms with van der Waals surface area (Å²) < 4.78 is 0. The highest BCUT2D eigenvalue weighted by atomic mass is 32.1. The first-order valence-electron chi connectivity index (χ1n) is 7.07. The molecule has 0 spiro atoms. The Labute approximate surface area is 114 Å². The first kappa shape index (κ1) is 12.6. The van der Waals surface area contributed by atoms with Crippen molar-refractivity contribution in [1.29, 1.82) is 0 Å². The van der Waals surface area contributed by atoms with Crippen molar-refractivity contribution in [2.75, 3.05) is 20.1 Å². The zero-order valence-electron chi connectivity index (χ0n) is 11.6. The van der Waals surface area contributed by atoms with Gasteiger partial charge in [0.05, 0.1) is 11.2 Å². The van der Waals surface area contributed by atoms with Crippen LogP contribution in [0.4, 0.5) is 0 Å². The van der Waals surface area contributed by atoms with Gasteiger partial charge in [0, 0.05) is 24.0 Å². The molecule has 1 aliphatic heterocycles. The molecule has 4 heteroatoms. The van der Waals surface area contributed by atoms with E-state index in [-0.39, 0.29) is 5.54 Å². The van der Waals surface area contributed by atoms with Crippen molar-refractivity contribution >= 4 is 11.3 Å². The Balaban J connectivity index is 1.87. The van der Waals surface area contributed by atoms with Crippen molar-refractivity contribution in [3.63, 3.8) is 0 Å². The Bertz CT molecular complexity index is 419. The van der Waals surface area contributed by atoms with Crippen LogP contribution in [0.5, 0.6) is 0 Å². The quantitative estimate of drug-likeness (QED) is 0.908. The van der Waals surface area contributed by atoms with Gasteiger partial charge in [0.15, 0.2) is 0 Å². The molecule has 1 aromatic heterocycles. The van der Waals surface area contributed by atoms with Gasteiger partial charge in [0.2, 0.25) is 0 Å². The molecule has 1 atom stereocenters. The van der Waals surface area contributed by atoms with E-state index in [0.717, 1.165) is 6.54 Å². The third kappa shape index (κ3) is 1.91. The van der Waals surface area contributed by atoms with Crippen LogP contribution in [-0.2, 0) is 18.4 Å². The van der Waals surface area contributed by atoms with Gasteiger partial charge in [-0.2, -0.15) is 0 Å². The van der Waals surface area contributed by atoms with E-state index in [9.17, 15) is 0 Å². The molecular formula is C14H23N3S. The Kier molecular flexibility index (Phi) is 3.20. The third-order valence-corrected chi connectivity index (χ3v) is 5.87. The highest BCUT2D eigenvalue weighted by Gasteiger charge is 2.42. The molecule has 2 heterocycles.